The molecule has 0 fully saturated rings. The summed E-state index contributed by atoms with van der Waals surface area (Å²) in [7, 11) is 1.27. The number of nitrogens with zero attached hydrogens (tertiary/aromatic N) is 1. The first-order valence-electron chi connectivity index (χ1n) is 5.89. The Morgan fingerprint density at radius 2 is 2.14 bits per heavy atom. The molecule has 1 aromatic rings. The number of methoxy groups -OCH3 is 1. The van der Waals surface area contributed by atoms with Crippen LogP contribution in [0.2, 0.25) is 0 Å². The van der Waals surface area contributed by atoms with Crippen molar-refractivity contribution < 1.29 is 29.5 Å². The topological polar surface area (TPSA) is 139 Å². The number of nitro groups is 1. The van der Waals surface area contributed by atoms with Crippen molar-refractivity contribution in [3.63, 3.8) is 0 Å². The molecular formula is C12H14N2O7. The number of hydrogen-bond acceptors (Lipinski definition) is 6. The number of carbonyl (C=O) groups excluding carboxylic acids is 1. The molecule has 0 aliphatic heterocycles. The highest BCUT2D eigenvalue weighted by molar-refractivity contribution is 6.00. The van der Waals surface area contributed by atoms with Gasteiger partial charge in [-0.1, -0.05) is 6.07 Å². The zero-order chi connectivity index (χ0) is 16.0. The van der Waals surface area contributed by atoms with Crippen LogP contribution in [0.15, 0.2) is 18.2 Å². The number of carbonyl (C=O) groups is 2. The van der Waals surface area contributed by atoms with E-state index in [1.54, 1.807) is 0 Å². The molecule has 21 heavy (non-hydrogen) atoms. The molecule has 0 saturated heterocycles. The van der Waals surface area contributed by atoms with Crippen LogP contribution in [0.4, 0.5) is 5.69 Å². The summed E-state index contributed by atoms with van der Waals surface area (Å²) in [4.78, 5) is 32.6. The number of aliphatic hydroxyl groups is 1. The van der Waals surface area contributed by atoms with Crippen LogP contribution in [-0.2, 0) is 4.79 Å². The number of ether oxygens (including phenoxy) is 1. The first kappa shape index (κ1) is 16.4. The molecule has 0 radical (unpaired) electrons. The quantitative estimate of drug-likeness (QED) is 0.481. The SMILES string of the molecule is COc1cccc([N+](=O)[O-])c1C(=O)NCCC(O)C(=O)O. The van der Waals surface area contributed by atoms with E-state index >= 15 is 0 Å². The van der Waals surface area contributed by atoms with Gasteiger partial charge in [0.25, 0.3) is 11.6 Å². The minimum atomic E-state index is -1.61. The number of amides is 1. The second kappa shape index (κ2) is 7.20. The van der Waals surface area contributed by atoms with Gasteiger partial charge in [0.15, 0.2) is 11.7 Å². The van der Waals surface area contributed by atoms with Crippen molar-refractivity contribution in [1.29, 1.82) is 0 Å². The zero-order valence-electron chi connectivity index (χ0n) is 11.1. The van der Waals surface area contributed by atoms with Crippen molar-refractivity contribution in [2.24, 2.45) is 0 Å². The molecule has 0 aliphatic rings. The van der Waals surface area contributed by atoms with Crippen LogP contribution in [-0.4, -0.2) is 46.8 Å². The first-order chi connectivity index (χ1) is 9.88. The second-order valence-corrected chi connectivity index (χ2v) is 4.01. The van der Waals surface area contributed by atoms with E-state index in [0.717, 1.165) is 6.07 Å². The van der Waals surface area contributed by atoms with Crippen LogP contribution in [0.3, 0.4) is 0 Å². The Balaban J connectivity index is 2.86. The number of carboxylic acid groups (broad SMARTS) is 1. The van der Waals surface area contributed by atoms with Gasteiger partial charge in [-0.3, -0.25) is 14.9 Å². The number of carboxylic acids is 1. The number of benzene rings is 1. The summed E-state index contributed by atoms with van der Waals surface area (Å²) in [5, 5.41) is 30.8. The van der Waals surface area contributed by atoms with E-state index in [2.05, 4.69) is 5.32 Å². The van der Waals surface area contributed by atoms with Crippen LogP contribution in [0.1, 0.15) is 16.8 Å². The van der Waals surface area contributed by atoms with Crippen LogP contribution in [0, 0.1) is 10.1 Å². The van der Waals surface area contributed by atoms with Crippen molar-refractivity contribution >= 4 is 17.6 Å². The molecule has 1 aromatic carbocycles. The lowest BCUT2D eigenvalue weighted by Gasteiger charge is -2.10. The molecule has 1 atom stereocenters. The second-order valence-electron chi connectivity index (χ2n) is 4.01. The third-order valence-electron chi connectivity index (χ3n) is 2.64. The Hall–Kier alpha value is -2.68. The monoisotopic (exact) mass is 298 g/mol. The van der Waals surface area contributed by atoms with Crippen molar-refractivity contribution in [3.05, 3.63) is 33.9 Å². The predicted octanol–water partition coefficient (Wildman–Crippen LogP) is 0.169. The molecule has 1 rings (SSSR count). The molecule has 0 bridgehead atoms. The fourth-order valence-corrected chi connectivity index (χ4v) is 1.60. The number of aliphatic hydroxyl groups excluding tert-OH is 1. The van der Waals surface area contributed by atoms with Crippen LogP contribution in [0.5, 0.6) is 5.75 Å². The summed E-state index contributed by atoms with van der Waals surface area (Å²) in [6, 6.07) is 3.93. The Morgan fingerprint density at radius 1 is 1.48 bits per heavy atom. The average molecular weight is 298 g/mol. The molecule has 0 aliphatic carbocycles. The molecule has 0 saturated carbocycles. The maximum atomic E-state index is 12.0. The van der Waals surface area contributed by atoms with Gasteiger partial charge in [0.2, 0.25) is 0 Å². The van der Waals surface area contributed by atoms with Gasteiger partial charge in [-0.2, -0.15) is 0 Å². The van der Waals surface area contributed by atoms with E-state index in [1.807, 2.05) is 0 Å². The average Bonchev–Trinajstić information content (AvgIpc) is 2.45. The lowest BCUT2D eigenvalue weighted by Crippen LogP contribution is -2.30. The van der Waals surface area contributed by atoms with Crippen LogP contribution in [0.25, 0.3) is 0 Å². The van der Waals surface area contributed by atoms with Gasteiger partial charge in [0.1, 0.15) is 5.75 Å². The molecular weight excluding hydrogens is 284 g/mol. The lowest BCUT2D eigenvalue weighted by molar-refractivity contribution is -0.385. The van der Waals surface area contributed by atoms with Crippen LogP contribution >= 0.6 is 0 Å². The number of nitrogens with one attached hydrogen (secondary N) is 1. The minimum absolute atomic E-state index is 0.0282. The van der Waals surface area contributed by atoms with Gasteiger partial charge < -0.3 is 20.3 Å². The molecule has 9 heteroatoms. The van der Waals surface area contributed by atoms with E-state index < -0.39 is 28.6 Å². The third-order valence-corrected chi connectivity index (χ3v) is 2.64. The largest absolute Gasteiger partial charge is 0.496 e. The van der Waals surface area contributed by atoms with Gasteiger partial charge in [0, 0.05) is 19.0 Å². The summed E-state index contributed by atoms with van der Waals surface area (Å²) in [5.74, 6) is -2.16. The Kier molecular flexibility index (Phi) is 5.61. The lowest BCUT2D eigenvalue weighted by atomic mass is 10.1. The Bertz CT molecular complexity index is 559. The van der Waals surface area contributed by atoms with Crippen molar-refractivity contribution in [3.8, 4) is 5.75 Å². The summed E-state index contributed by atoms with van der Waals surface area (Å²) in [5.41, 5.74) is -0.680. The molecule has 114 valence electrons. The van der Waals surface area contributed by atoms with E-state index in [-0.39, 0.29) is 24.3 Å². The third kappa shape index (κ3) is 4.14. The van der Waals surface area contributed by atoms with Crippen molar-refractivity contribution in [2.45, 2.75) is 12.5 Å². The molecule has 1 unspecified atom stereocenters. The molecule has 9 nitrogen and oxygen atoms in total. The summed E-state index contributed by atoms with van der Waals surface area (Å²) >= 11 is 0. The maximum absolute atomic E-state index is 12.0. The fourth-order valence-electron chi connectivity index (χ4n) is 1.60. The molecule has 3 N–H and O–H groups in total. The summed E-state index contributed by atoms with van der Waals surface area (Å²) < 4.78 is 4.91. The highest BCUT2D eigenvalue weighted by atomic mass is 16.6. The van der Waals surface area contributed by atoms with Gasteiger partial charge >= 0.3 is 5.97 Å². The first-order valence-corrected chi connectivity index (χ1v) is 5.89. The molecule has 0 aromatic heterocycles. The maximum Gasteiger partial charge on any atom is 0.332 e. The van der Waals surface area contributed by atoms with Gasteiger partial charge in [0.05, 0.1) is 12.0 Å². The van der Waals surface area contributed by atoms with E-state index in [0.29, 0.717) is 0 Å². The predicted molar refractivity (Wildman–Crippen MR) is 70.2 cm³/mol. The smallest absolute Gasteiger partial charge is 0.332 e. The van der Waals surface area contributed by atoms with Crippen molar-refractivity contribution in [1.82, 2.24) is 5.32 Å². The molecule has 0 heterocycles. The van der Waals surface area contributed by atoms with E-state index in [9.17, 15) is 19.7 Å². The highest BCUT2D eigenvalue weighted by Gasteiger charge is 2.25. The Labute approximate surface area is 119 Å². The summed E-state index contributed by atoms with van der Waals surface area (Å²) in [6.45, 7) is -0.151. The molecule has 0 spiro atoms. The van der Waals surface area contributed by atoms with Crippen LogP contribution < -0.4 is 10.1 Å². The van der Waals surface area contributed by atoms with Gasteiger partial charge in [-0.15, -0.1) is 0 Å². The van der Waals surface area contributed by atoms with Gasteiger partial charge in [-0.25, -0.2) is 4.79 Å². The normalized spacial score (nSPS) is 11.5. The van der Waals surface area contributed by atoms with E-state index in [1.165, 1.54) is 19.2 Å². The number of nitro benzene ring substituents is 1. The van der Waals surface area contributed by atoms with Crippen molar-refractivity contribution in [2.75, 3.05) is 13.7 Å². The van der Waals surface area contributed by atoms with E-state index in [4.69, 9.17) is 14.9 Å². The Morgan fingerprint density at radius 3 is 2.67 bits per heavy atom. The fraction of sp³-hybridized carbons (Fsp3) is 0.333. The zero-order valence-corrected chi connectivity index (χ0v) is 11.1. The standard InChI is InChI=1S/C12H14N2O7/c1-21-9-4-2-3-7(14(19)20)10(9)11(16)13-6-5-8(15)12(17)18/h2-4,8,15H,5-6H2,1H3,(H,13,16)(H,17,18). The highest BCUT2D eigenvalue weighted by Crippen LogP contribution is 2.27. The van der Waals surface area contributed by atoms with Gasteiger partial charge in [-0.05, 0) is 6.07 Å². The summed E-state index contributed by atoms with van der Waals surface area (Å²) in [6.07, 6.45) is -1.83. The molecule has 1 amide bonds. The number of rotatable bonds is 7. The minimum Gasteiger partial charge on any atom is -0.496 e. The number of hydrogen-bond donors (Lipinski definition) is 3. The number of aliphatic carboxylic acids is 1.